The fourth-order valence-corrected chi connectivity index (χ4v) is 3.06. The van der Waals surface area contributed by atoms with Gasteiger partial charge < -0.3 is 9.31 Å². The number of aryl methyl sites for hydroxylation is 1. The number of rotatable bonds is 2. The van der Waals surface area contributed by atoms with E-state index in [0.29, 0.717) is 0 Å². The van der Waals surface area contributed by atoms with E-state index in [4.69, 9.17) is 9.31 Å². The minimum absolute atomic E-state index is 0.327. The lowest BCUT2D eigenvalue weighted by molar-refractivity contribution is 0.00578. The molecular formula is C16H20BNO2S. The summed E-state index contributed by atoms with van der Waals surface area (Å²) in [5.74, 6) is 0. The Morgan fingerprint density at radius 2 is 1.57 bits per heavy atom. The Kier molecular flexibility index (Phi) is 3.47. The second-order valence-corrected chi connectivity index (χ2v) is 7.41. The van der Waals surface area contributed by atoms with Gasteiger partial charge in [-0.15, -0.1) is 11.3 Å². The molecule has 0 amide bonds. The summed E-state index contributed by atoms with van der Waals surface area (Å²) in [6, 6.07) is 8.39. The summed E-state index contributed by atoms with van der Waals surface area (Å²) in [5, 5.41) is 0. The molecule has 1 aliphatic rings. The van der Waals surface area contributed by atoms with E-state index in [1.54, 1.807) is 11.3 Å². The van der Waals surface area contributed by atoms with Crippen LogP contribution in [0.25, 0.3) is 11.3 Å². The quantitative estimate of drug-likeness (QED) is 0.797. The summed E-state index contributed by atoms with van der Waals surface area (Å²) in [7, 11) is -0.348. The maximum absolute atomic E-state index is 6.14. The highest BCUT2D eigenvalue weighted by Crippen LogP contribution is 2.37. The van der Waals surface area contributed by atoms with E-state index >= 15 is 0 Å². The van der Waals surface area contributed by atoms with E-state index in [2.05, 4.69) is 63.9 Å². The van der Waals surface area contributed by atoms with Gasteiger partial charge in [-0.2, -0.15) is 0 Å². The summed E-state index contributed by atoms with van der Waals surface area (Å²) in [6.07, 6.45) is 0. The number of aromatic nitrogens is 1. The van der Waals surface area contributed by atoms with E-state index < -0.39 is 0 Å². The number of benzene rings is 1. The zero-order valence-electron chi connectivity index (χ0n) is 13.1. The van der Waals surface area contributed by atoms with Crippen LogP contribution in [0.3, 0.4) is 0 Å². The van der Waals surface area contributed by atoms with E-state index in [1.807, 2.05) is 5.51 Å². The molecule has 0 unspecified atom stereocenters. The maximum atomic E-state index is 6.14. The van der Waals surface area contributed by atoms with Crippen LogP contribution in [0, 0.1) is 6.92 Å². The molecule has 0 saturated carbocycles. The molecule has 0 N–H and O–H groups in total. The second-order valence-electron chi connectivity index (χ2n) is 6.52. The van der Waals surface area contributed by atoms with Crippen LogP contribution >= 0.6 is 11.3 Å². The van der Waals surface area contributed by atoms with Gasteiger partial charge in [0.1, 0.15) is 0 Å². The monoisotopic (exact) mass is 301 g/mol. The van der Waals surface area contributed by atoms with Crippen LogP contribution in [-0.4, -0.2) is 23.3 Å². The summed E-state index contributed by atoms with van der Waals surface area (Å²) in [5.41, 5.74) is 4.50. The molecule has 21 heavy (non-hydrogen) atoms. The van der Waals surface area contributed by atoms with Crippen molar-refractivity contribution in [1.29, 1.82) is 0 Å². The van der Waals surface area contributed by atoms with Crippen molar-refractivity contribution in [1.82, 2.24) is 4.98 Å². The maximum Gasteiger partial charge on any atom is 0.507 e. The fourth-order valence-electron chi connectivity index (χ4n) is 2.30. The average molecular weight is 301 g/mol. The predicted octanol–water partition coefficient (Wildman–Crippen LogP) is 3.42. The first-order valence-corrected chi connectivity index (χ1v) is 8.04. The van der Waals surface area contributed by atoms with Gasteiger partial charge in [0, 0.05) is 5.56 Å². The summed E-state index contributed by atoms with van der Waals surface area (Å²) in [6.45, 7) is 10.4. The normalized spacial score (nSPS) is 20.0. The van der Waals surface area contributed by atoms with Gasteiger partial charge >= 0.3 is 7.12 Å². The van der Waals surface area contributed by atoms with Gasteiger partial charge in [-0.05, 0) is 34.6 Å². The Balaban J connectivity index is 1.96. The minimum atomic E-state index is -0.348. The molecule has 1 aromatic carbocycles. The molecule has 1 aliphatic heterocycles. The van der Waals surface area contributed by atoms with Gasteiger partial charge in [0.25, 0.3) is 0 Å². The Hall–Kier alpha value is -1.17. The van der Waals surface area contributed by atoms with Crippen molar-refractivity contribution < 1.29 is 9.31 Å². The number of hydrogen-bond donors (Lipinski definition) is 0. The molecule has 2 aromatic rings. The number of hydrogen-bond acceptors (Lipinski definition) is 4. The molecule has 0 spiro atoms. The van der Waals surface area contributed by atoms with E-state index in [0.717, 1.165) is 16.0 Å². The minimum Gasteiger partial charge on any atom is -0.399 e. The molecule has 0 aliphatic carbocycles. The van der Waals surface area contributed by atoms with E-state index in [-0.39, 0.29) is 18.3 Å². The van der Waals surface area contributed by atoms with Gasteiger partial charge in [0.15, 0.2) is 0 Å². The van der Waals surface area contributed by atoms with Crippen molar-refractivity contribution in [2.24, 2.45) is 0 Å². The molecule has 1 aromatic heterocycles. The smallest absolute Gasteiger partial charge is 0.399 e. The average Bonchev–Trinajstić information content (AvgIpc) is 2.94. The van der Waals surface area contributed by atoms with Gasteiger partial charge in [-0.1, -0.05) is 29.8 Å². The second kappa shape index (κ2) is 4.94. The van der Waals surface area contributed by atoms with Crippen LogP contribution in [-0.2, 0) is 9.31 Å². The zero-order chi connectivity index (χ0) is 15.3. The molecule has 0 bridgehead atoms. The van der Waals surface area contributed by atoms with E-state index in [9.17, 15) is 0 Å². The molecule has 0 atom stereocenters. The Morgan fingerprint density at radius 3 is 2.14 bits per heavy atom. The van der Waals surface area contributed by atoms with Crippen molar-refractivity contribution in [3.05, 3.63) is 35.3 Å². The zero-order valence-corrected chi connectivity index (χ0v) is 14.0. The Morgan fingerprint density at radius 1 is 1.00 bits per heavy atom. The van der Waals surface area contributed by atoms with Crippen LogP contribution in [0.5, 0.6) is 0 Å². The SMILES string of the molecule is Cc1ccc(-c2ncsc2B2OC(C)(C)C(C)(C)O2)cc1. The van der Waals surface area contributed by atoms with Crippen molar-refractivity contribution in [2.75, 3.05) is 0 Å². The molecule has 1 saturated heterocycles. The first-order valence-electron chi connectivity index (χ1n) is 7.16. The molecule has 1 fully saturated rings. The first kappa shape index (κ1) is 14.8. The van der Waals surface area contributed by atoms with Gasteiger partial charge in [0.2, 0.25) is 0 Å². The lowest BCUT2D eigenvalue weighted by atomic mass is 9.84. The lowest BCUT2D eigenvalue weighted by Crippen LogP contribution is -2.41. The van der Waals surface area contributed by atoms with Gasteiger partial charge in [-0.3, -0.25) is 0 Å². The van der Waals surface area contributed by atoms with Crippen molar-refractivity contribution in [2.45, 2.75) is 45.8 Å². The Labute approximate surface area is 130 Å². The molecule has 3 rings (SSSR count). The molecule has 0 radical (unpaired) electrons. The van der Waals surface area contributed by atoms with Crippen LogP contribution in [0.2, 0.25) is 0 Å². The topological polar surface area (TPSA) is 31.4 Å². The van der Waals surface area contributed by atoms with Crippen LogP contribution in [0.15, 0.2) is 29.8 Å². The Bertz CT molecular complexity index is 633. The number of nitrogens with zero attached hydrogens (tertiary/aromatic N) is 1. The summed E-state index contributed by atoms with van der Waals surface area (Å²) < 4.78 is 13.3. The van der Waals surface area contributed by atoms with Crippen molar-refractivity contribution in [3.63, 3.8) is 0 Å². The predicted molar refractivity (Wildman–Crippen MR) is 88.0 cm³/mol. The molecule has 2 heterocycles. The van der Waals surface area contributed by atoms with Crippen molar-refractivity contribution in [3.8, 4) is 11.3 Å². The van der Waals surface area contributed by atoms with Crippen molar-refractivity contribution >= 4 is 23.2 Å². The number of thiazole rings is 1. The fraction of sp³-hybridized carbons (Fsp3) is 0.438. The summed E-state index contributed by atoms with van der Waals surface area (Å²) in [4.78, 5) is 4.51. The standard InChI is InChI=1S/C16H20BNO2S/c1-11-6-8-12(9-7-11)13-14(21-10-18-13)17-19-15(2,3)16(4,5)20-17/h6-10H,1-5H3. The first-order chi connectivity index (χ1) is 9.80. The van der Waals surface area contributed by atoms with Gasteiger partial charge in [-0.25, -0.2) is 4.98 Å². The largest absolute Gasteiger partial charge is 0.507 e. The highest BCUT2D eigenvalue weighted by atomic mass is 32.1. The van der Waals surface area contributed by atoms with E-state index in [1.165, 1.54) is 5.56 Å². The van der Waals surface area contributed by atoms with Gasteiger partial charge in [0.05, 0.1) is 27.2 Å². The summed E-state index contributed by atoms with van der Waals surface area (Å²) >= 11 is 1.59. The molecule has 110 valence electrons. The van der Waals surface area contributed by atoms with Crippen LogP contribution < -0.4 is 4.78 Å². The third-order valence-electron chi connectivity index (χ3n) is 4.39. The highest BCUT2D eigenvalue weighted by Gasteiger charge is 2.53. The van der Waals surface area contributed by atoms with Crippen LogP contribution in [0.1, 0.15) is 33.3 Å². The third kappa shape index (κ3) is 2.54. The molecule has 3 nitrogen and oxygen atoms in total. The molecule has 5 heteroatoms. The lowest BCUT2D eigenvalue weighted by Gasteiger charge is -2.32. The molecular weight excluding hydrogens is 281 g/mol. The van der Waals surface area contributed by atoms with Crippen LogP contribution in [0.4, 0.5) is 0 Å². The highest BCUT2D eigenvalue weighted by molar-refractivity contribution is 7.21. The third-order valence-corrected chi connectivity index (χ3v) is 5.24.